The Balaban J connectivity index is 0.000000490. The number of aryl methyl sites for hydroxylation is 1. The number of halogens is 1. The Hall–Kier alpha value is -0.260. The Labute approximate surface area is 64.8 Å². The highest BCUT2D eigenvalue weighted by molar-refractivity contribution is 4.41. The van der Waals surface area contributed by atoms with Crippen LogP contribution in [0.15, 0.2) is 19.0 Å². The molecule has 0 N–H and O–H groups in total. The highest BCUT2D eigenvalue weighted by Crippen LogP contribution is 1.55. The van der Waals surface area contributed by atoms with Gasteiger partial charge < -0.3 is 24.0 Å². The van der Waals surface area contributed by atoms with Gasteiger partial charge in [-0.05, 0) is 0 Å². The number of nitrogens with zero attached hydrogens (tertiary/aromatic N) is 3. The summed E-state index contributed by atoms with van der Waals surface area (Å²) in [7, 11) is 1.88. The van der Waals surface area contributed by atoms with Crippen molar-refractivity contribution in [1.29, 1.82) is 0 Å². The predicted molar refractivity (Wildman–Crippen MR) is 23.2 cm³/mol. The number of hydrogen-bond donors (Lipinski definition) is 0. The molecule has 0 amide bonds. The highest BCUT2D eigenvalue weighted by Gasteiger charge is 1.80. The molecule has 0 saturated heterocycles. The zero-order valence-corrected chi connectivity index (χ0v) is 6.61. The van der Waals surface area contributed by atoms with Crippen molar-refractivity contribution in [2.75, 3.05) is 0 Å². The molecule has 0 aliphatic rings. The van der Waals surface area contributed by atoms with Gasteiger partial charge in [-0.15, -0.1) is 0 Å². The van der Waals surface area contributed by atoms with Gasteiger partial charge in [0, 0.05) is 0 Å². The van der Waals surface area contributed by atoms with Crippen LogP contribution in [0.2, 0.25) is 0 Å². The van der Waals surface area contributed by atoms with Gasteiger partial charge in [0.15, 0.2) is 0 Å². The van der Waals surface area contributed by atoms with Crippen molar-refractivity contribution in [2.45, 2.75) is 0 Å². The van der Waals surface area contributed by atoms with Gasteiger partial charge in [-0.2, -0.15) is 0 Å². The largest absolute Gasteiger partial charge is 1.00 e. The summed E-state index contributed by atoms with van der Waals surface area (Å²) in [6, 6.07) is 0. The van der Waals surface area contributed by atoms with Crippen molar-refractivity contribution in [2.24, 2.45) is 7.05 Å². The van der Waals surface area contributed by atoms with Crippen LogP contribution in [0.5, 0.6) is 0 Å². The smallest absolute Gasteiger partial charge is 0.263 e. The van der Waals surface area contributed by atoms with Crippen molar-refractivity contribution in [3.63, 3.8) is 0 Å². The van der Waals surface area contributed by atoms with Gasteiger partial charge in [-0.3, -0.25) is 0 Å². The van der Waals surface area contributed by atoms with E-state index < -0.39 is 0 Å². The van der Waals surface area contributed by atoms with E-state index in [0.717, 1.165) is 0 Å². The van der Waals surface area contributed by atoms with Crippen LogP contribution < -0.4 is 28.5 Å². The third-order valence-corrected chi connectivity index (χ3v) is 0.631. The maximum Gasteiger partial charge on any atom is 0.263 e. The molecule has 0 aliphatic carbocycles. The number of aromatic nitrogens is 3. The highest BCUT2D eigenvalue weighted by atomic mass is 127. The molecule has 1 aromatic rings. The molecule has 3 nitrogen and oxygen atoms in total. The molecule has 44 valence electrons. The van der Waals surface area contributed by atoms with E-state index in [2.05, 4.69) is 9.97 Å². The lowest BCUT2D eigenvalue weighted by Crippen LogP contribution is -3.00. The average molecular weight is 223 g/mol. The average Bonchev–Trinajstić information content (AvgIpc) is 1.69. The van der Waals surface area contributed by atoms with Crippen LogP contribution >= 0.6 is 0 Å². The van der Waals surface area contributed by atoms with Gasteiger partial charge in [-0.1, -0.05) is 9.97 Å². The van der Waals surface area contributed by atoms with E-state index in [1.165, 1.54) is 6.33 Å². The third kappa shape index (κ3) is 2.15. The second-order valence-corrected chi connectivity index (χ2v) is 1.31. The Morgan fingerprint density at radius 3 is 2.00 bits per heavy atom. The topological polar surface area (TPSA) is 29.7 Å². The molecule has 0 spiro atoms. The van der Waals surface area contributed by atoms with Crippen LogP contribution in [0.3, 0.4) is 0 Å². The van der Waals surface area contributed by atoms with Crippen molar-refractivity contribution in [3.8, 4) is 0 Å². The maximum atomic E-state index is 3.74. The van der Waals surface area contributed by atoms with Crippen molar-refractivity contribution < 1.29 is 28.5 Å². The molecular weight excluding hydrogens is 217 g/mol. The van der Waals surface area contributed by atoms with E-state index in [1.54, 1.807) is 17.2 Å². The van der Waals surface area contributed by atoms with E-state index in [4.69, 9.17) is 0 Å². The van der Waals surface area contributed by atoms with E-state index in [-0.39, 0.29) is 24.0 Å². The Kier molecular flexibility index (Phi) is 3.59. The lowest BCUT2D eigenvalue weighted by Gasteiger charge is -1.77. The van der Waals surface area contributed by atoms with Gasteiger partial charge in [0.2, 0.25) is 12.7 Å². The van der Waals surface area contributed by atoms with Crippen LogP contribution in [0.25, 0.3) is 0 Å². The standard InChI is InChI=1S/C4H6N3.HI/c1-7-3-5-2-6-4-7;/h2-4H,1H3;1H/q+1;/p-1. The first-order chi connectivity index (χ1) is 3.39. The summed E-state index contributed by atoms with van der Waals surface area (Å²) < 4.78 is 1.78. The van der Waals surface area contributed by atoms with E-state index in [1.807, 2.05) is 7.05 Å². The fourth-order valence-electron chi connectivity index (χ4n) is 0.338. The van der Waals surface area contributed by atoms with Gasteiger partial charge >= 0.3 is 0 Å². The Morgan fingerprint density at radius 1 is 1.25 bits per heavy atom. The molecule has 0 bridgehead atoms. The van der Waals surface area contributed by atoms with Gasteiger partial charge in [0.25, 0.3) is 6.33 Å². The van der Waals surface area contributed by atoms with Crippen LogP contribution in [0.1, 0.15) is 0 Å². The molecule has 4 heteroatoms. The minimum Gasteiger partial charge on any atom is -1.00 e. The second-order valence-electron chi connectivity index (χ2n) is 1.31. The number of hydrogen-bond acceptors (Lipinski definition) is 2. The first-order valence-electron chi connectivity index (χ1n) is 2.00. The Morgan fingerprint density at radius 2 is 1.75 bits per heavy atom. The summed E-state index contributed by atoms with van der Waals surface area (Å²) >= 11 is 0. The van der Waals surface area contributed by atoms with Crippen LogP contribution in [-0.4, -0.2) is 9.97 Å². The third-order valence-electron chi connectivity index (χ3n) is 0.631. The van der Waals surface area contributed by atoms with Crippen LogP contribution in [-0.2, 0) is 7.05 Å². The van der Waals surface area contributed by atoms with E-state index in [9.17, 15) is 0 Å². The van der Waals surface area contributed by atoms with Crippen molar-refractivity contribution >= 4 is 0 Å². The zero-order valence-electron chi connectivity index (χ0n) is 4.45. The minimum atomic E-state index is 0. The summed E-state index contributed by atoms with van der Waals surface area (Å²) in [6.07, 6.45) is 4.88. The van der Waals surface area contributed by atoms with Gasteiger partial charge in [0.05, 0.1) is 7.05 Å². The fourth-order valence-corrected chi connectivity index (χ4v) is 0.338. The van der Waals surface area contributed by atoms with Crippen LogP contribution in [0, 0.1) is 0 Å². The van der Waals surface area contributed by atoms with Gasteiger partial charge in [0.1, 0.15) is 0 Å². The summed E-state index contributed by atoms with van der Waals surface area (Å²) in [5.41, 5.74) is 0. The van der Waals surface area contributed by atoms with Gasteiger partial charge in [-0.25, -0.2) is 4.57 Å². The maximum absolute atomic E-state index is 3.74. The predicted octanol–water partition coefficient (Wildman–Crippen LogP) is -3.69. The molecule has 1 heterocycles. The molecular formula is C4H6IN3. The zero-order chi connectivity index (χ0) is 5.11. The fraction of sp³-hybridized carbons (Fsp3) is 0.250. The van der Waals surface area contributed by atoms with E-state index >= 15 is 0 Å². The normalized spacial score (nSPS) is 7.62. The van der Waals surface area contributed by atoms with Crippen LogP contribution in [0.4, 0.5) is 0 Å². The summed E-state index contributed by atoms with van der Waals surface area (Å²) in [5.74, 6) is 0. The molecule has 0 atom stereocenters. The Bertz CT molecular complexity index is 141. The van der Waals surface area contributed by atoms with E-state index in [0.29, 0.717) is 0 Å². The summed E-state index contributed by atoms with van der Waals surface area (Å²) in [4.78, 5) is 7.47. The first kappa shape index (κ1) is 7.74. The molecule has 0 radical (unpaired) electrons. The first-order valence-corrected chi connectivity index (χ1v) is 2.00. The monoisotopic (exact) mass is 223 g/mol. The second kappa shape index (κ2) is 3.71. The molecule has 0 aliphatic heterocycles. The van der Waals surface area contributed by atoms with Crippen molar-refractivity contribution in [3.05, 3.63) is 19.0 Å². The molecule has 1 aromatic heterocycles. The molecule has 1 rings (SSSR count). The lowest BCUT2D eigenvalue weighted by atomic mass is 11.0. The summed E-state index contributed by atoms with van der Waals surface area (Å²) in [6.45, 7) is 0. The lowest BCUT2D eigenvalue weighted by molar-refractivity contribution is -0.677. The molecule has 0 unspecified atom stereocenters. The molecule has 0 saturated carbocycles. The number of rotatable bonds is 0. The quantitative estimate of drug-likeness (QED) is 0.335. The molecule has 0 aromatic carbocycles. The molecule has 0 fully saturated rings. The summed E-state index contributed by atoms with van der Waals surface area (Å²) in [5, 5.41) is 0. The minimum absolute atomic E-state index is 0. The molecule has 8 heavy (non-hydrogen) atoms. The SMILES string of the molecule is C[n+]1cncnc1.[I-]. The van der Waals surface area contributed by atoms with Crippen molar-refractivity contribution in [1.82, 2.24) is 9.97 Å².